The minimum atomic E-state index is 1.11. The van der Waals surface area contributed by atoms with Crippen LogP contribution in [-0.2, 0) is 0 Å². The molecule has 1 nitrogen and oxygen atoms in total. The summed E-state index contributed by atoms with van der Waals surface area (Å²) in [6.07, 6.45) is 0. The maximum Gasteiger partial charge on any atom is 0.0468 e. The van der Waals surface area contributed by atoms with E-state index in [0.717, 1.165) is 17.1 Å². The van der Waals surface area contributed by atoms with Crippen molar-refractivity contribution in [2.24, 2.45) is 0 Å². The van der Waals surface area contributed by atoms with E-state index in [0.29, 0.717) is 0 Å². The highest BCUT2D eigenvalue weighted by atomic mass is 32.1. The molecule has 1 heterocycles. The van der Waals surface area contributed by atoms with Gasteiger partial charge in [0, 0.05) is 37.2 Å². The fourth-order valence-corrected chi connectivity index (χ4v) is 9.51. The van der Waals surface area contributed by atoms with Crippen molar-refractivity contribution in [1.82, 2.24) is 0 Å². The Morgan fingerprint density at radius 2 is 0.926 bits per heavy atom. The van der Waals surface area contributed by atoms with Crippen LogP contribution in [0.15, 0.2) is 200 Å². The zero-order valence-corrected chi connectivity index (χ0v) is 30.2. The molecule has 54 heavy (non-hydrogen) atoms. The predicted molar refractivity (Wildman–Crippen MR) is 235 cm³/mol. The van der Waals surface area contributed by atoms with Crippen LogP contribution in [0.1, 0.15) is 0 Å². The fourth-order valence-electron chi connectivity index (χ4n) is 8.39. The fraction of sp³-hybridized carbons (Fsp3) is 0. The van der Waals surface area contributed by atoms with Crippen LogP contribution in [0.25, 0.3) is 85.5 Å². The number of anilines is 3. The molecule has 0 aliphatic rings. The van der Waals surface area contributed by atoms with Crippen molar-refractivity contribution >= 4 is 91.7 Å². The number of rotatable bonds is 5. The standard InChI is InChI=1S/C52H33NS/c1-2-11-34(12-3-1)37-17-10-18-42(29-37)53(43-26-28-50-49(33-43)48-30-38-14-4-5-15-39(38)32-51(48)54-50)41-24-21-36(22-25-41)47-31-40-16-7-9-20-45(40)52-44-19-8-6-13-35(44)23-27-46(47)52/h1-33H. The van der Waals surface area contributed by atoms with Crippen LogP contribution in [0.2, 0.25) is 0 Å². The first kappa shape index (κ1) is 30.8. The zero-order valence-electron chi connectivity index (χ0n) is 29.4. The van der Waals surface area contributed by atoms with Crippen LogP contribution in [-0.4, -0.2) is 0 Å². The van der Waals surface area contributed by atoms with Gasteiger partial charge in [-0.3, -0.25) is 0 Å². The molecule has 0 N–H and O–H groups in total. The lowest BCUT2D eigenvalue weighted by atomic mass is 9.90. The van der Waals surface area contributed by atoms with Gasteiger partial charge in [0.25, 0.3) is 0 Å². The second-order valence-electron chi connectivity index (χ2n) is 14.1. The van der Waals surface area contributed by atoms with E-state index in [2.05, 4.69) is 205 Å². The molecule has 11 aromatic rings. The van der Waals surface area contributed by atoms with Crippen LogP contribution in [0.4, 0.5) is 17.1 Å². The van der Waals surface area contributed by atoms with Gasteiger partial charge in [-0.15, -0.1) is 11.3 Å². The minimum absolute atomic E-state index is 1.11. The zero-order chi connectivity index (χ0) is 35.6. The van der Waals surface area contributed by atoms with Gasteiger partial charge in [0.2, 0.25) is 0 Å². The van der Waals surface area contributed by atoms with E-state index in [-0.39, 0.29) is 0 Å². The molecule has 0 saturated carbocycles. The smallest absolute Gasteiger partial charge is 0.0468 e. The molecule has 0 unspecified atom stereocenters. The van der Waals surface area contributed by atoms with E-state index < -0.39 is 0 Å². The highest BCUT2D eigenvalue weighted by Crippen LogP contribution is 2.44. The third kappa shape index (κ3) is 5.07. The minimum Gasteiger partial charge on any atom is -0.310 e. The molecular formula is C52H33NS. The maximum absolute atomic E-state index is 2.41. The summed E-state index contributed by atoms with van der Waals surface area (Å²) in [5.41, 5.74) is 8.22. The van der Waals surface area contributed by atoms with Gasteiger partial charge in [-0.05, 0) is 126 Å². The molecule has 0 spiro atoms. The summed E-state index contributed by atoms with van der Waals surface area (Å²) in [5, 5.41) is 12.8. The topological polar surface area (TPSA) is 3.24 Å². The van der Waals surface area contributed by atoms with Crippen molar-refractivity contribution in [3.05, 3.63) is 200 Å². The van der Waals surface area contributed by atoms with Crippen molar-refractivity contribution in [3.8, 4) is 22.3 Å². The molecule has 0 atom stereocenters. The molecule has 10 aromatic carbocycles. The van der Waals surface area contributed by atoms with Crippen molar-refractivity contribution in [2.75, 3.05) is 4.90 Å². The van der Waals surface area contributed by atoms with Gasteiger partial charge in [-0.1, -0.05) is 140 Å². The monoisotopic (exact) mass is 703 g/mol. The Balaban J connectivity index is 1.09. The van der Waals surface area contributed by atoms with Gasteiger partial charge in [0.1, 0.15) is 0 Å². The second-order valence-corrected chi connectivity index (χ2v) is 15.2. The average molecular weight is 704 g/mol. The molecular weight excluding hydrogens is 671 g/mol. The first-order valence-corrected chi connectivity index (χ1v) is 19.3. The molecule has 11 rings (SSSR count). The Morgan fingerprint density at radius 1 is 0.296 bits per heavy atom. The number of thiophene rings is 1. The van der Waals surface area contributed by atoms with Crippen LogP contribution in [0.3, 0.4) is 0 Å². The van der Waals surface area contributed by atoms with Crippen LogP contribution in [0.5, 0.6) is 0 Å². The lowest BCUT2D eigenvalue weighted by Gasteiger charge is -2.26. The van der Waals surface area contributed by atoms with Gasteiger partial charge < -0.3 is 4.90 Å². The van der Waals surface area contributed by atoms with Crippen molar-refractivity contribution in [3.63, 3.8) is 0 Å². The summed E-state index contributed by atoms with van der Waals surface area (Å²) < 4.78 is 2.62. The number of fused-ring (bicyclic) bond motifs is 9. The summed E-state index contributed by atoms with van der Waals surface area (Å²) >= 11 is 1.87. The molecule has 0 aliphatic heterocycles. The lowest BCUT2D eigenvalue weighted by molar-refractivity contribution is 1.29. The first-order valence-electron chi connectivity index (χ1n) is 18.5. The van der Waals surface area contributed by atoms with Crippen LogP contribution < -0.4 is 4.90 Å². The Kier molecular flexibility index (Phi) is 7.11. The molecule has 0 aliphatic carbocycles. The van der Waals surface area contributed by atoms with E-state index in [4.69, 9.17) is 0 Å². The average Bonchev–Trinajstić information content (AvgIpc) is 3.59. The Morgan fingerprint density at radius 3 is 1.74 bits per heavy atom. The molecule has 0 saturated heterocycles. The first-order chi connectivity index (χ1) is 26.7. The normalized spacial score (nSPS) is 11.7. The van der Waals surface area contributed by atoms with Crippen molar-refractivity contribution in [2.45, 2.75) is 0 Å². The van der Waals surface area contributed by atoms with E-state index in [1.54, 1.807) is 0 Å². The van der Waals surface area contributed by atoms with Gasteiger partial charge >= 0.3 is 0 Å². The highest BCUT2D eigenvalue weighted by Gasteiger charge is 2.18. The summed E-state index contributed by atoms with van der Waals surface area (Å²) in [4.78, 5) is 2.41. The summed E-state index contributed by atoms with van der Waals surface area (Å²) in [6.45, 7) is 0. The van der Waals surface area contributed by atoms with E-state index >= 15 is 0 Å². The third-order valence-electron chi connectivity index (χ3n) is 11.0. The molecule has 0 bridgehead atoms. The number of hydrogen-bond donors (Lipinski definition) is 0. The Hall–Kier alpha value is -6.74. The van der Waals surface area contributed by atoms with E-state index in [9.17, 15) is 0 Å². The Bertz CT molecular complexity index is 3200. The Labute approximate surface area is 317 Å². The number of hydrogen-bond acceptors (Lipinski definition) is 2. The lowest BCUT2D eigenvalue weighted by Crippen LogP contribution is -2.10. The van der Waals surface area contributed by atoms with Crippen molar-refractivity contribution in [1.29, 1.82) is 0 Å². The molecule has 252 valence electrons. The SMILES string of the molecule is c1ccc(-c2cccc(N(c3ccc(-c4cc5ccccc5c5c4ccc4ccccc45)cc3)c3ccc4sc5cc6ccccc6cc5c4c3)c2)cc1. The third-order valence-corrected chi connectivity index (χ3v) is 12.1. The van der Waals surface area contributed by atoms with Gasteiger partial charge in [-0.2, -0.15) is 0 Å². The molecule has 2 heteroatoms. The highest BCUT2D eigenvalue weighted by molar-refractivity contribution is 7.25. The van der Waals surface area contributed by atoms with Gasteiger partial charge in [0.15, 0.2) is 0 Å². The maximum atomic E-state index is 2.41. The van der Waals surface area contributed by atoms with Crippen molar-refractivity contribution < 1.29 is 0 Å². The quantitative estimate of drug-likeness (QED) is 0.161. The van der Waals surface area contributed by atoms with E-state index in [1.165, 1.54) is 85.5 Å². The van der Waals surface area contributed by atoms with Gasteiger partial charge in [-0.25, -0.2) is 0 Å². The van der Waals surface area contributed by atoms with Gasteiger partial charge in [0.05, 0.1) is 0 Å². The van der Waals surface area contributed by atoms with E-state index in [1.807, 2.05) is 11.3 Å². The molecule has 0 amide bonds. The summed E-state index contributed by atoms with van der Waals surface area (Å²) in [6, 6.07) is 73.6. The summed E-state index contributed by atoms with van der Waals surface area (Å²) in [7, 11) is 0. The summed E-state index contributed by atoms with van der Waals surface area (Å²) in [5.74, 6) is 0. The predicted octanol–water partition coefficient (Wildman–Crippen LogP) is 15.5. The molecule has 0 fully saturated rings. The molecule has 1 aromatic heterocycles. The largest absolute Gasteiger partial charge is 0.310 e. The number of benzene rings is 10. The second kappa shape index (κ2) is 12.4. The molecule has 0 radical (unpaired) electrons. The van der Waals surface area contributed by atoms with Crippen LogP contribution in [0, 0.1) is 0 Å². The number of nitrogens with zero attached hydrogens (tertiary/aromatic N) is 1. The van der Waals surface area contributed by atoms with Crippen LogP contribution >= 0.6 is 11.3 Å².